The Balaban J connectivity index is 2.23. The molecule has 0 aliphatic carbocycles. The molecule has 0 amide bonds. The normalized spacial score (nSPS) is 25.9. The van der Waals surface area contributed by atoms with Gasteiger partial charge in [-0.3, -0.25) is 4.98 Å². The molecule has 6 heteroatoms. The summed E-state index contributed by atoms with van der Waals surface area (Å²) in [6.07, 6.45) is 1.70. The van der Waals surface area contributed by atoms with Crippen LogP contribution in [0.25, 0.3) is 0 Å². The lowest BCUT2D eigenvalue weighted by Gasteiger charge is -2.18. The van der Waals surface area contributed by atoms with E-state index < -0.39 is 12.2 Å². The maximum atomic E-state index is 9.42. The van der Waals surface area contributed by atoms with Gasteiger partial charge >= 0.3 is 0 Å². The standard InChI is InChI=1S/C9H14N4O2/c10-3-6-9(12-2-1-11-6)13-4-7(14)8(15)5-13/h1-2,7-8,14-15H,3-5,10H2. The van der Waals surface area contributed by atoms with Crippen molar-refractivity contribution >= 4 is 5.82 Å². The topological polar surface area (TPSA) is 95.5 Å². The summed E-state index contributed by atoms with van der Waals surface area (Å²) in [4.78, 5) is 10.1. The van der Waals surface area contributed by atoms with Gasteiger partial charge in [0.25, 0.3) is 0 Å². The number of aliphatic hydroxyl groups excluding tert-OH is 2. The zero-order valence-electron chi connectivity index (χ0n) is 8.24. The number of aromatic nitrogens is 2. The minimum Gasteiger partial charge on any atom is -0.389 e. The number of nitrogens with zero attached hydrogens (tertiary/aromatic N) is 3. The average molecular weight is 210 g/mol. The summed E-state index contributed by atoms with van der Waals surface area (Å²) < 4.78 is 0. The van der Waals surface area contributed by atoms with Crippen LogP contribution in [0.1, 0.15) is 5.69 Å². The van der Waals surface area contributed by atoms with Gasteiger partial charge in [0, 0.05) is 32.0 Å². The number of anilines is 1. The van der Waals surface area contributed by atoms with Crippen LogP contribution in [0.5, 0.6) is 0 Å². The average Bonchev–Trinajstić information content (AvgIpc) is 2.59. The molecule has 2 unspecified atom stereocenters. The van der Waals surface area contributed by atoms with Crippen molar-refractivity contribution in [2.75, 3.05) is 18.0 Å². The zero-order chi connectivity index (χ0) is 10.8. The van der Waals surface area contributed by atoms with Crippen LogP contribution < -0.4 is 10.6 Å². The first-order valence-corrected chi connectivity index (χ1v) is 4.83. The van der Waals surface area contributed by atoms with Crippen LogP contribution >= 0.6 is 0 Å². The number of hydrogen-bond acceptors (Lipinski definition) is 6. The van der Waals surface area contributed by atoms with E-state index in [1.54, 1.807) is 17.3 Å². The lowest BCUT2D eigenvalue weighted by molar-refractivity contribution is 0.0572. The molecule has 15 heavy (non-hydrogen) atoms. The Labute approximate surface area is 87.4 Å². The first kappa shape index (κ1) is 10.3. The third kappa shape index (κ3) is 1.92. The molecule has 1 aromatic rings. The molecular weight excluding hydrogens is 196 g/mol. The fraction of sp³-hybridized carbons (Fsp3) is 0.556. The van der Waals surface area contributed by atoms with Gasteiger partial charge in [0.1, 0.15) is 0 Å². The molecule has 4 N–H and O–H groups in total. The van der Waals surface area contributed by atoms with Crippen molar-refractivity contribution in [3.05, 3.63) is 18.1 Å². The molecule has 82 valence electrons. The Morgan fingerprint density at radius 2 is 1.87 bits per heavy atom. The van der Waals surface area contributed by atoms with Gasteiger partial charge in [-0.05, 0) is 0 Å². The SMILES string of the molecule is NCc1nccnc1N1CC(O)C(O)C1. The van der Waals surface area contributed by atoms with Crippen LogP contribution in [0, 0.1) is 0 Å². The molecule has 0 aromatic carbocycles. The first-order valence-electron chi connectivity index (χ1n) is 4.83. The van der Waals surface area contributed by atoms with Crippen molar-refractivity contribution in [3.63, 3.8) is 0 Å². The van der Waals surface area contributed by atoms with Crippen LogP contribution in [0.2, 0.25) is 0 Å². The molecule has 2 rings (SSSR count). The summed E-state index contributed by atoms with van der Waals surface area (Å²) in [5.41, 5.74) is 6.21. The van der Waals surface area contributed by atoms with Crippen molar-refractivity contribution in [1.29, 1.82) is 0 Å². The van der Waals surface area contributed by atoms with Crippen LogP contribution in [0.15, 0.2) is 12.4 Å². The van der Waals surface area contributed by atoms with E-state index in [4.69, 9.17) is 5.73 Å². The van der Waals surface area contributed by atoms with E-state index in [9.17, 15) is 10.2 Å². The predicted molar refractivity (Wildman–Crippen MR) is 54.2 cm³/mol. The van der Waals surface area contributed by atoms with Gasteiger partial charge in [-0.25, -0.2) is 4.98 Å². The van der Waals surface area contributed by atoms with Crippen LogP contribution in [-0.4, -0.2) is 45.5 Å². The van der Waals surface area contributed by atoms with Gasteiger partial charge in [0.15, 0.2) is 5.82 Å². The van der Waals surface area contributed by atoms with Gasteiger partial charge in [-0.15, -0.1) is 0 Å². The van der Waals surface area contributed by atoms with E-state index in [0.29, 0.717) is 31.1 Å². The molecule has 0 radical (unpaired) electrons. The van der Waals surface area contributed by atoms with Crippen LogP contribution in [-0.2, 0) is 6.54 Å². The fourth-order valence-corrected chi connectivity index (χ4v) is 1.71. The minimum absolute atomic E-state index is 0.297. The highest BCUT2D eigenvalue weighted by molar-refractivity contribution is 5.44. The first-order chi connectivity index (χ1) is 7.22. The van der Waals surface area contributed by atoms with Crippen molar-refractivity contribution in [2.45, 2.75) is 18.8 Å². The van der Waals surface area contributed by atoms with E-state index in [1.165, 1.54) is 0 Å². The summed E-state index contributed by atoms with van der Waals surface area (Å²) in [5, 5.41) is 18.8. The Kier molecular flexibility index (Phi) is 2.81. The highest BCUT2D eigenvalue weighted by Crippen LogP contribution is 2.20. The van der Waals surface area contributed by atoms with Gasteiger partial charge in [0.2, 0.25) is 0 Å². The fourth-order valence-electron chi connectivity index (χ4n) is 1.71. The molecule has 2 heterocycles. The van der Waals surface area contributed by atoms with Gasteiger partial charge in [-0.2, -0.15) is 0 Å². The second kappa shape index (κ2) is 4.09. The Morgan fingerprint density at radius 3 is 2.47 bits per heavy atom. The number of rotatable bonds is 2. The molecule has 0 bridgehead atoms. The second-order valence-electron chi connectivity index (χ2n) is 3.57. The number of nitrogens with two attached hydrogens (primary N) is 1. The maximum absolute atomic E-state index is 9.42. The van der Waals surface area contributed by atoms with Gasteiger partial charge in [-0.1, -0.05) is 0 Å². The van der Waals surface area contributed by atoms with E-state index in [0.717, 1.165) is 0 Å². The summed E-state index contributed by atoms with van der Waals surface area (Å²) in [6.45, 7) is 1.03. The highest BCUT2D eigenvalue weighted by atomic mass is 16.3. The molecule has 6 nitrogen and oxygen atoms in total. The molecule has 1 fully saturated rings. The van der Waals surface area contributed by atoms with Crippen LogP contribution in [0.4, 0.5) is 5.82 Å². The number of hydrogen-bond donors (Lipinski definition) is 3. The molecule has 0 spiro atoms. The molecule has 2 atom stereocenters. The van der Waals surface area contributed by atoms with E-state index in [-0.39, 0.29) is 0 Å². The molecule has 0 saturated carbocycles. The second-order valence-corrected chi connectivity index (χ2v) is 3.57. The van der Waals surface area contributed by atoms with Gasteiger partial charge in [0.05, 0.1) is 17.9 Å². The van der Waals surface area contributed by atoms with Crippen molar-refractivity contribution in [3.8, 4) is 0 Å². The van der Waals surface area contributed by atoms with Gasteiger partial charge < -0.3 is 20.8 Å². The Hall–Kier alpha value is -1.24. The number of β-amino-alcohol motifs (C(OH)–C–C–N with tert-alkyl or cyclic N) is 2. The quantitative estimate of drug-likeness (QED) is 0.548. The monoisotopic (exact) mass is 210 g/mol. The molecule has 1 aliphatic heterocycles. The molecular formula is C9H14N4O2. The third-order valence-electron chi connectivity index (χ3n) is 2.50. The zero-order valence-corrected chi connectivity index (χ0v) is 8.24. The van der Waals surface area contributed by atoms with E-state index in [2.05, 4.69) is 9.97 Å². The predicted octanol–water partition coefficient (Wildman–Crippen LogP) is -1.52. The third-order valence-corrected chi connectivity index (χ3v) is 2.50. The largest absolute Gasteiger partial charge is 0.389 e. The molecule has 1 aliphatic rings. The Morgan fingerprint density at radius 1 is 1.27 bits per heavy atom. The van der Waals surface area contributed by atoms with Crippen molar-refractivity contribution in [1.82, 2.24) is 9.97 Å². The smallest absolute Gasteiger partial charge is 0.151 e. The van der Waals surface area contributed by atoms with E-state index in [1.807, 2.05) is 0 Å². The Bertz CT molecular complexity index is 337. The summed E-state index contributed by atoms with van der Waals surface area (Å²) in [6, 6.07) is 0. The van der Waals surface area contributed by atoms with Crippen LogP contribution in [0.3, 0.4) is 0 Å². The van der Waals surface area contributed by atoms with Crippen molar-refractivity contribution in [2.24, 2.45) is 5.73 Å². The minimum atomic E-state index is -0.724. The summed E-state index contributed by atoms with van der Waals surface area (Å²) >= 11 is 0. The summed E-state index contributed by atoms with van der Waals surface area (Å²) in [5.74, 6) is 0.649. The highest BCUT2D eigenvalue weighted by Gasteiger charge is 2.31. The lowest BCUT2D eigenvalue weighted by atomic mass is 10.3. The lowest BCUT2D eigenvalue weighted by Crippen LogP contribution is -2.24. The molecule has 1 saturated heterocycles. The van der Waals surface area contributed by atoms with Crippen molar-refractivity contribution < 1.29 is 10.2 Å². The summed E-state index contributed by atoms with van der Waals surface area (Å²) in [7, 11) is 0. The van der Waals surface area contributed by atoms with E-state index >= 15 is 0 Å². The number of aliphatic hydroxyl groups is 2. The maximum Gasteiger partial charge on any atom is 0.151 e. The molecule has 1 aromatic heterocycles.